The molecule has 35 heavy (non-hydrogen) atoms. The van der Waals surface area contributed by atoms with Crippen LogP contribution in [0.15, 0.2) is 41.3 Å². The third-order valence-electron chi connectivity index (χ3n) is 5.67. The maximum atomic E-state index is 12.8. The highest BCUT2D eigenvalue weighted by molar-refractivity contribution is 6.03. The summed E-state index contributed by atoms with van der Waals surface area (Å²) in [6.45, 7) is 2.92. The van der Waals surface area contributed by atoms with Crippen LogP contribution >= 0.6 is 0 Å². The standard InChI is InChI=1S/C22H24N4O9/c1-10(2)15(23)21(30)35-25-14-7-8-26(22(31)24-14)18-17-16(13(9-27)32-18)33-19(28)11-5-3-4-6-12(11)20(29)34-17/h3-8,10,13,15-18,27H,9,23H2,1-2H3,(H,24,25,31)/t13-,15+,16-,17-,18-/m1/s1. The van der Waals surface area contributed by atoms with Crippen molar-refractivity contribution in [3.63, 3.8) is 0 Å². The molecule has 13 nitrogen and oxygen atoms in total. The lowest BCUT2D eigenvalue weighted by Crippen LogP contribution is -2.43. The summed E-state index contributed by atoms with van der Waals surface area (Å²) in [5.74, 6) is -2.58. The smallest absolute Gasteiger partial charge is 0.351 e. The van der Waals surface area contributed by atoms with Gasteiger partial charge in [-0.15, -0.1) is 0 Å². The highest BCUT2D eigenvalue weighted by Crippen LogP contribution is 2.35. The van der Waals surface area contributed by atoms with Gasteiger partial charge in [-0.2, -0.15) is 4.98 Å². The first kappa shape index (κ1) is 24.3. The summed E-state index contributed by atoms with van der Waals surface area (Å²) >= 11 is 0. The molecule has 5 atom stereocenters. The number of carbonyl (C=O) groups is 3. The summed E-state index contributed by atoms with van der Waals surface area (Å²) < 4.78 is 17.8. The molecule has 0 radical (unpaired) electrons. The lowest BCUT2D eigenvalue weighted by molar-refractivity contribution is -0.143. The summed E-state index contributed by atoms with van der Waals surface area (Å²) in [5.41, 5.74) is 7.13. The lowest BCUT2D eigenvalue weighted by atomic mass is 10.0. The number of anilines is 1. The van der Waals surface area contributed by atoms with Crippen molar-refractivity contribution in [2.75, 3.05) is 12.1 Å². The molecule has 2 aromatic rings. The summed E-state index contributed by atoms with van der Waals surface area (Å²) in [6, 6.07) is 6.40. The number of ether oxygens (including phenoxy) is 3. The number of aromatic nitrogens is 2. The van der Waals surface area contributed by atoms with Crippen molar-refractivity contribution in [1.82, 2.24) is 9.55 Å². The van der Waals surface area contributed by atoms with Crippen molar-refractivity contribution < 1.29 is 38.5 Å². The molecule has 1 aromatic heterocycles. The Balaban J connectivity index is 1.58. The Labute approximate surface area is 198 Å². The summed E-state index contributed by atoms with van der Waals surface area (Å²) in [7, 11) is 0. The SMILES string of the molecule is CC(C)[C@H](N)C(=O)ONc1ccn([C@@H]2O[C@H](CO)[C@H]3OC(=O)c4ccccc4C(=O)O[C@H]32)c(=O)n1. The number of fused-ring (bicyclic) bond motifs is 2. The second-order valence-electron chi connectivity index (χ2n) is 8.33. The summed E-state index contributed by atoms with van der Waals surface area (Å²) in [6.07, 6.45) is -3.51. The van der Waals surface area contributed by atoms with Gasteiger partial charge in [0.1, 0.15) is 12.1 Å². The minimum atomic E-state index is -1.26. The maximum absolute atomic E-state index is 12.8. The van der Waals surface area contributed by atoms with Crippen molar-refractivity contribution in [2.24, 2.45) is 11.7 Å². The second-order valence-corrected chi connectivity index (χ2v) is 8.33. The summed E-state index contributed by atoms with van der Waals surface area (Å²) in [4.78, 5) is 58.7. The predicted octanol–water partition coefficient (Wildman–Crippen LogP) is -0.249. The summed E-state index contributed by atoms with van der Waals surface area (Å²) in [5, 5.41) is 9.77. The van der Waals surface area contributed by atoms with Crippen LogP contribution in [0.2, 0.25) is 0 Å². The molecule has 1 fully saturated rings. The second kappa shape index (κ2) is 9.82. The third kappa shape index (κ3) is 4.73. The number of hydrogen-bond acceptors (Lipinski definition) is 12. The molecule has 1 saturated heterocycles. The van der Waals surface area contributed by atoms with Gasteiger partial charge in [0.25, 0.3) is 0 Å². The quantitative estimate of drug-likeness (QED) is 0.276. The van der Waals surface area contributed by atoms with Gasteiger partial charge in [-0.25, -0.2) is 24.7 Å². The van der Waals surface area contributed by atoms with Crippen LogP contribution < -0.4 is 16.9 Å². The molecule has 1 aromatic carbocycles. The van der Waals surface area contributed by atoms with E-state index in [0.29, 0.717) is 0 Å². The molecule has 2 aliphatic heterocycles. The Kier molecular flexibility index (Phi) is 6.82. The highest BCUT2D eigenvalue weighted by Gasteiger charge is 2.52. The van der Waals surface area contributed by atoms with Crippen molar-refractivity contribution in [2.45, 2.75) is 44.4 Å². The fourth-order valence-corrected chi connectivity index (χ4v) is 3.67. The van der Waals surface area contributed by atoms with Crippen molar-refractivity contribution in [1.29, 1.82) is 0 Å². The topological polar surface area (TPSA) is 181 Å². The molecule has 4 N–H and O–H groups in total. The van der Waals surface area contributed by atoms with Crippen LogP contribution in [0.4, 0.5) is 5.82 Å². The van der Waals surface area contributed by atoms with E-state index in [-0.39, 0.29) is 22.9 Å². The van der Waals surface area contributed by atoms with Crippen LogP contribution in [-0.4, -0.2) is 63.5 Å². The van der Waals surface area contributed by atoms with Gasteiger partial charge < -0.3 is 29.9 Å². The molecule has 186 valence electrons. The number of benzene rings is 1. The molecular weight excluding hydrogens is 464 g/mol. The molecule has 4 rings (SSSR count). The van der Waals surface area contributed by atoms with E-state index in [4.69, 9.17) is 24.8 Å². The van der Waals surface area contributed by atoms with Gasteiger partial charge in [0.05, 0.1) is 17.7 Å². The van der Waals surface area contributed by atoms with E-state index in [1.54, 1.807) is 26.0 Å². The minimum absolute atomic E-state index is 0.00594. The van der Waals surface area contributed by atoms with E-state index in [1.807, 2.05) is 0 Å². The number of carbonyl (C=O) groups excluding carboxylic acids is 3. The van der Waals surface area contributed by atoms with Gasteiger partial charge in [-0.05, 0) is 18.1 Å². The molecule has 0 spiro atoms. The number of esters is 2. The Morgan fingerprint density at radius 3 is 2.34 bits per heavy atom. The van der Waals surface area contributed by atoms with E-state index in [2.05, 4.69) is 10.5 Å². The van der Waals surface area contributed by atoms with Gasteiger partial charge in [-0.3, -0.25) is 4.57 Å². The molecular formula is C22H24N4O9. The first-order chi connectivity index (χ1) is 16.7. The van der Waals surface area contributed by atoms with E-state index in [9.17, 15) is 24.3 Å². The molecule has 0 amide bonds. The number of rotatable bonds is 6. The van der Waals surface area contributed by atoms with Crippen LogP contribution in [0.5, 0.6) is 0 Å². The normalized spacial score (nSPS) is 24.4. The number of nitrogens with zero attached hydrogens (tertiary/aromatic N) is 2. The average Bonchev–Trinajstić information content (AvgIpc) is 3.17. The Bertz CT molecular complexity index is 1200. The Hall–Kier alpha value is -3.81. The van der Waals surface area contributed by atoms with Gasteiger partial charge in [0.15, 0.2) is 24.3 Å². The molecule has 13 heteroatoms. The molecule has 2 aliphatic rings. The van der Waals surface area contributed by atoms with Crippen LogP contribution in [0.25, 0.3) is 0 Å². The monoisotopic (exact) mass is 488 g/mol. The van der Waals surface area contributed by atoms with Gasteiger partial charge in [0.2, 0.25) is 0 Å². The third-order valence-corrected chi connectivity index (χ3v) is 5.67. The largest absolute Gasteiger partial charge is 0.452 e. The molecule has 0 bridgehead atoms. The number of aliphatic hydroxyl groups is 1. The predicted molar refractivity (Wildman–Crippen MR) is 117 cm³/mol. The van der Waals surface area contributed by atoms with Crippen molar-refractivity contribution >= 4 is 23.7 Å². The number of aliphatic hydroxyl groups excluding tert-OH is 1. The molecule has 0 aliphatic carbocycles. The van der Waals surface area contributed by atoms with Crippen LogP contribution in [0.1, 0.15) is 40.8 Å². The fraction of sp³-hybridized carbons (Fsp3) is 0.409. The van der Waals surface area contributed by atoms with Crippen LogP contribution in [-0.2, 0) is 23.8 Å². The van der Waals surface area contributed by atoms with Crippen molar-refractivity contribution in [3.8, 4) is 0 Å². The van der Waals surface area contributed by atoms with E-state index >= 15 is 0 Å². The highest BCUT2D eigenvalue weighted by atomic mass is 16.7. The minimum Gasteiger partial charge on any atom is -0.452 e. The molecule has 3 heterocycles. The first-order valence-electron chi connectivity index (χ1n) is 10.8. The number of nitrogens with two attached hydrogens (primary N) is 1. The zero-order valence-corrected chi connectivity index (χ0v) is 18.8. The average molecular weight is 488 g/mol. The van der Waals surface area contributed by atoms with Gasteiger partial charge >= 0.3 is 23.6 Å². The maximum Gasteiger partial charge on any atom is 0.351 e. The zero-order valence-electron chi connectivity index (χ0n) is 18.8. The number of nitrogens with one attached hydrogen (secondary N) is 1. The molecule has 0 unspecified atom stereocenters. The lowest BCUT2D eigenvalue weighted by Gasteiger charge is -2.27. The zero-order chi connectivity index (χ0) is 25.3. The Morgan fingerprint density at radius 1 is 1.14 bits per heavy atom. The van der Waals surface area contributed by atoms with E-state index in [1.165, 1.54) is 24.4 Å². The van der Waals surface area contributed by atoms with Gasteiger partial charge in [0, 0.05) is 12.3 Å². The van der Waals surface area contributed by atoms with Crippen LogP contribution in [0, 0.1) is 5.92 Å². The van der Waals surface area contributed by atoms with E-state index in [0.717, 1.165) is 4.57 Å². The van der Waals surface area contributed by atoms with Crippen LogP contribution in [0.3, 0.4) is 0 Å². The van der Waals surface area contributed by atoms with E-state index < -0.39 is 60.8 Å². The van der Waals surface area contributed by atoms with Crippen molar-refractivity contribution in [3.05, 3.63) is 58.1 Å². The first-order valence-corrected chi connectivity index (χ1v) is 10.8. The van der Waals surface area contributed by atoms with Gasteiger partial charge in [-0.1, -0.05) is 26.0 Å². The molecule has 0 saturated carbocycles. The Morgan fingerprint density at radius 2 is 1.77 bits per heavy atom. The number of hydrogen-bond donors (Lipinski definition) is 3. The fourth-order valence-electron chi connectivity index (χ4n) is 3.67.